The molecule has 0 saturated carbocycles. The quantitative estimate of drug-likeness (QED) is 0.840. The molecule has 1 spiro atoms. The van der Waals surface area contributed by atoms with Gasteiger partial charge in [-0.1, -0.05) is 0 Å². The van der Waals surface area contributed by atoms with Crippen molar-refractivity contribution in [2.75, 3.05) is 26.8 Å². The van der Waals surface area contributed by atoms with E-state index >= 15 is 0 Å². The van der Waals surface area contributed by atoms with Crippen molar-refractivity contribution in [3.63, 3.8) is 0 Å². The largest absolute Gasteiger partial charge is 0.497 e. The highest BCUT2D eigenvalue weighted by Crippen LogP contribution is 2.36. The molecule has 3 heterocycles. The van der Waals surface area contributed by atoms with Crippen molar-refractivity contribution < 1.29 is 14.3 Å². The fraction of sp³-hybridized carbons (Fsp3) is 0.550. The Hall–Kier alpha value is -2.01. The Balaban J connectivity index is 1.58. The molecular formula is C20H26N2O3. The van der Waals surface area contributed by atoms with Crippen molar-refractivity contribution in [3.05, 3.63) is 30.0 Å². The Morgan fingerprint density at radius 1 is 1.16 bits per heavy atom. The summed E-state index contributed by atoms with van der Waals surface area (Å²) in [5, 5.41) is 1.04. The molecule has 5 heteroatoms. The van der Waals surface area contributed by atoms with Gasteiger partial charge in [-0.2, -0.15) is 0 Å². The van der Waals surface area contributed by atoms with Crippen molar-refractivity contribution in [3.8, 4) is 5.75 Å². The lowest BCUT2D eigenvalue weighted by molar-refractivity contribution is -0.00693. The van der Waals surface area contributed by atoms with Gasteiger partial charge in [-0.15, -0.1) is 0 Å². The molecule has 2 aliphatic heterocycles. The normalized spacial score (nSPS) is 24.0. The third-order valence-electron chi connectivity index (χ3n) is 5.84. The molecular weight excluding hydrogens is 316 g/mol. The van der Waals surface area contributed by atoms with Gasteiger partial charge < -0.3 is 18.9 Å². The highest BCUT2D eigenvalue weighted by molar-refractivity contribution is 5.99. The lowest BCUT2D eigenvalue weighted by Gasteiger charge is -2.27. The van der Waals surface area contributed by atoms with Crippen LogP contribution in [0.4, 0.5) is 0 Å². The summed E-state index contributed by atoms with van der Waals surface area (Å²) in [5.41, 5.74) is 1.82. The third kappa shape index (κ3) is 2.91. The number of benzene rings is 1. The maximum Gasteiger partial charge on any atom is 0.270 e. The van der Waals surface area contributed by atoms with Crippen molar-refractivity contribution in [2.45, 2.75) is 37.7 Å². The number of aryl methyl sites for hydroxylation is 1. The predicted octanol–water partition coefficient (Wildman–Crippen LogP) is 3.36. The summed E-state index contributed by atoms with van der Waals surface area (Å²) in [6.07, 6.45) is 5.34. The van der Waals surface area contributed by atoms with E-state index in [9.17, 15) is 4.79 Å². The molecule has 2 saturated heterocycles. The number of fused-ring (bicyclic) bond motifs is 1. The molecule has 1 atom stereocenters. The van der Waals surface area contributed by atoms with Crippen LogP contribution in [0, 0.1) is 0 Å². The smallest absolute Gasteiger partial charge is 0.270 e. The van der Waals surface area contributed by atoms with Gasteiger partial charge in [0.1, 0.15) is 11.4 Å². The van der Waals surface area contributed by atoms with Crippen LogP contribution in [0.15, 0.2) is 24.3 Å². The van der Waals surface area contributed by atoms with Crippen LogP contribution in [-0.4, -0.2) is 47.8 Å². The minimum atomic E-state index is 0.0291. The highest BCUT2D eigenvalue weighted by atomic mass is 16.5. The van der Waals surface area contributed by atoms with Crippen molar-refractivity contribution in [1.29, 1.82) is 0 Å². The molecule has 1 aromatic heterocycles. The summed E-state index contributed by atoms with van der Waals surface area (Å²) >= 11 is 0. The molecule has 0 radical (unpaired) electrons. The molecule has 0 N–H and O–H groups in total. The number of likely N-dealkylation sites (tertiary alicyclic amines) is 1. The Labute approximate surface area is 148 Å². The zero-order chi connectivity index (χ0) is 17.4. The lowest BCUT2D eigenvalue weighted by atomic mass is 9.92. The minimum absolute atomic E-state index is 0.0291. The number of methoxy groups -OCH3 is 1. The van der Waals surface area contributed by atoms with E-state index in [1.165, 1.54) is 0 Å². The first kappa shape index (κ1) is 16.5. The molecule has 2 aliphatic rings. The van der Waals surface area contributed by atoms with Gasteiger partial charge in [-0.05, 0) is 56.4 Å². The molecule has 0 bridgehead atoms. The third-order valence-corrected chi connectivity index (χ3v) is 5.84. The second-order valence-corrected chi connectivity index (χ2v) is 7.29. The van der Waals surface area contributed by atoms with Crippen LogP contribution < -0.4 is 4.74 Å². The van der Waals surface area contributed by atoms with E-state index in [0.717, 1.165) is 74.1 Å². The van der Waals surface area contributed by atoms with E-state index in [0.29, 0.717) is 0 Å². The van der Waals surface area contributed by atoms with Gasteiger partial charge in [0, 0.05) is 37.6 Å². The van der Waals surface area contributed by atoms with Crippen LogP contribution in [-0.2, 0) is 11.8 Å². The summed E-state index contributed by atoms with van der Waals surface area (Å²) in [6.45, 7) is 2.47. The zero-order valence-electron chi connectivity index (χ0n) is 15.1. The van der Waals surface area contributed by atoms with Gasteiger partial charge in [-0.3, -0.25) is 4.79 Å². The van der Waals surface area contributed by atoms with E-state index in [4.69, 9.17) is 9.47 Å². The van der Waals surface area contributed by atoms with Crippen molar-refractivity contribution in [2.24, 2.45) is 7.05 Å². The Kier molecular flexibility index (Phi) is 4.20. The van der Waals surface area contributed by atoms with Crippen LogP contribution >= 0.6 is 0 Å². The fourth-order valence-electron chi connectivity index (χ4n) is 4.34. The second-order valence-electron chi connectivity index (χ2n) is 7.29. The molecule has 2 aromatic rings. The molecule has 25 heavy (non-hydrogen) atoms. The minimum Gasteiger partial charge on any atom is -0.497 e. The number of hydrogen-bond acceptors (Lipinski definition) is 3. The second kappa shape index (κ2) is 6.37. The van der Waals surface area contributed by atoms with Crippen LogP contribution in [0.2, 0.25) is 0 Å². The number of aromatic nitrogens is 1. The number of rotatable bonds is 2. The van der Waals surface area contributed by atoms with Gasteiger partial charge in [0.05, 0.1) is 12.7 Å². The van der Waals surface area contributed by atoms with E-state index in [2.05, 4.69) is 0 Å². The van der Waals surface area contributed by atoms with Crippen LogP contribution in [0.5, 0.6) is 5.75 Å². The predicted molar refractivity (Wildman–Crippen MR) is 97.1 cm³/mol. The number of carbonyl (C=O) groups is 1. The van der Waals surface area contributed by atoms with Gasteiger partial charge in [-0.25, -0.2) is 0 Å². The fourth-order valence-corrected chi connectivity index (χ4v) is 4.34. The molecule has 0 unspecified atom stereocenters. The molecule has 4 rings (SSSR count). The van der Waals surface area contributed by atoms with Crippen LogP contribution in [0.1, 0.15) is 42.6 Å². The first-order valence-corrected chi connectivity index (χ1v) is 9.19. The first-order chi connectivity index (χ1) is 12.1. The molecule has 0 aliphatic carbocycles. The summed E-state index contributed by atoms with van der Waals surface area (Å²) in [6, 6.07) is 7.90. The first-order valence-electron chi connectivity index (χ1n) is 9.19. The maximum atomic E-state index is 13.1. The molecule has 1 amide bonds. The standard InChI is InChI=1S/C20H26N2O3/c1-21-17-6-5-16(24-2)13-15(17)14-18(21)19(23)22-10-3-7-20(9-11-22)8-4-12-25-20/h5-6,13-14H,3-4,7-12H2,1-2H3/t20-/m1/s1. The molecule has 5 nitrogen and oxygen atoms in total. The van der Waals surface area contributed by atoms with E-state index in [1.54, 1.807) is 7.11 Å². The van der Waals surface area contributed by atoms with E-state index in [-0.39, 0.29) is 11.5 Å². The number of amides is 1. The highest BCUT2D eigenvalue weighted by Gasteiger charge is 2.37. The zero-order valence-corrected chi connectivity index (χ0v) is 15.1. The average Bonchev–Trinajstić information content (AvgIpc) is 3.15. The number of hydrogen-bond donors (Lipinski definition) is 0. The van der Waals surface area contributed by atoms with Gasteiger partial charge in [0.15, 0.2) is 0 Å². The molecule has 134 valence electrons. The summed E-state index contributed by atoms with van der Waals surface area (Å²) < 4.78 is 13.3. The number of carbonyl (C=O) groups excluding carboxylic acids is 1. The van der Waals surface area contributed by atoms with Crippen molar-refractivity contribution >= 4 is 16.8 Å². The average molecular weight is 342 g/mol. The summed E-state index contributed by atoms with van der Waals surface area (Å²) in [4.78, 5) is 15.1. The van der Waals surface area contributed by atoms with Crippen LogP contribution in [0.3, 0.4) is 0 Å². The monoisotopic (exact) mass is 342 g/mol. The lowest BCUT2D eigenvalue weighted by Crippen LogP contribution is -2.35. The Bertz CT molecular complexity index is 790. The van der Waals surface area contributed by atoms with Crippen LogP contribution in [0.25, 0.3) is 10.9 Å². The van der Waals surface area contributed by atoms with E-state index < -0.39 is 0 Å². The SMILES string of the molecule is COc1ccc2c(c1)cc(C(=O)N1CCC[C@@]3(CCCO3)CC1)n2C. The van der Waals surface area contributed by atoms with Gasteiger partial charge >= 0.3 is 0 Å². The van der Waals surface area contributed by atoms with Gasteiger partial charge in [0.25, 0.3) is 5.91 Å². The molecule has 2 fully saturated rings. The van der Waals surface area contributed by atoms with Gasteiger partial charge in [0.2, 0.25) is 0 Å². The summed E-state index contributed by atoms with van der Waals surface area (Å²) in [7, 11) is 3.62. The van der Waals surface area contributed by atoms with Crippen molar-refractivity contribution in [1.82, 2.24) is 9.47 Å². The Morgan fingerprint density at radius 2 is 2.00 bits per heavy atom. The van der Waals surface area contributed by atoms with E-state index in [1.807, 2.05) is 40.8 Å². The Morgan fingerprint density at radius 3 is 2.76 bits per heavy atom. The topological polar surface area (TPSA) is 43.7 Å². The number of nitrogens with zero attached hydrogens (tertiary/aromatic N) is 2. The number of ether oxygens (including phenoxy) is 2. The molecule has 1 aromatic carbocycles. The summed E-state index contributed by atoms with van der Waals surface area (Å²) in [5.74, 6) is 0.930. The maximum absolute atomic E-state index is 13.1.